The second kappa shape index (κ2) is 17.6. The van der Waals surface area contributed by atoms with Gasteiger partial charge in [-0.1, -0.05) is 97.4 Å². The third-order valence-corrected chi connectivity index (χ3v) is 6.89. The molecule has 6 heteroatoms. The fraction of sp³-hybridized carbons (Fsp3) is 0.382. The molecule has 0 spiro atoms. The third kappa shape index (κ3) is 11.0. The highest BCUT2D eigenvalue weighted by molar-refractivity contribution is 5.88. The fourth-order valence-electron chi connectivity index (χ4n) is 4.72. The summed E-state index contributed by atoms with van der Waals surface area (Å²) in [6.45, 7) is 3.13. The van der Waals surface area contributed by atoms with Gasteiger partial charge < -0.3 is 15.0 Å². The zero-order chi connectivity index (χ0) is 28.4. The highest BCUT2D eigenvalue weighted by atomic mass is 16.5. The molecular formula is C34H42N2O4. The van der Waals surface area contributed by atoms with Gasteiger partial charge >= 0.3 is 5.97 Å². The molecule has 0 fully saturated rings. The van der Waals surface area contributed by atoms with E-state index in [0.29, 0.717) is 58.2 Å². The molecule has 3 aromatic rings. The van der Waals surface area contributed by atoms with Crippen LogP contribution in [0, 0.1) is 0 Å². The molecule has 0 saturated carbocycles. The van der Waals surface area contributed by atoms with E-state index in [1.54, 1.807) is 11.8 Å². The molecule has 6 nitrogen and oxygen atoms in total. The van der Waals surface area contributed by atoms with Gasteiger partial charge in [0.05, 0.1) is 6.61 Å². The maximum absolute atomic E-state index is 13.7. The lowest BCUT2D eigenvalue weighted by molar-refractivity contribution is -0.143. The average Bonchev–Trinajstić information content (AvgIpc) is 2.98. The van der Waals surface area contributed by atoms with Crippen molar-refractivity contribution < 1.29 is 19.1 Å². The molecule has 0 saturated heterocycles. The SMILES string of the molecule is CCOC(=O)CCCCCC(=O)N(CCc1ccccc1)C(Cc1ccccc1)C(=O)NCCc1ccccc1. The van der Waals surface area contributed by atoms with Crippen molar-refractivity contribution in [1.82, 2.24) is 10.2 Å². The number of hydrogen-bond acceptors (Lipinski definition) is 4. The van der Waals surface area contributed by atoms with Gasteiger partial charge in [-0.15, -0.1) is 0 Å². The topological polar surface area (TPSA) is 75.7 Å². The molecular weight excluding hydrogens is 500 g/mol. The Balaban J connectivity index is 1.71. The molecule has 3 aromatic carbocycles. The van der Waals surface area contributed by atoms with Crippen LogP contribution in [0.15, 0.2) is 91.0 Å². The summed E-state index contributed by atoms with van der Waals surface area (Å²) in [4.78, 5) is 40.7. The molecule has 0 aliphatic rings. The number of unbranched alkanes of at least 4 members (excludes halogenated alkanes) is 2. The summed E-state index contributed by atoms with van der Waals surface area (Å²) in [6.07, 6.45) is 4.63. The monoisotopic (exact) mass is 542 g/mol. The lowest BCUT2D eigenvalue weighted by Crippen LogP contribution is -2.51. The molecule has 0 aromatic heterocycles. The molecule has 0 aliphatic carbocycles. The van der Waals surface area contributed by atoms with Crippen LogP contribution in [-0.4, -0.2) is 48.4 Å². The van der Waals surface area contributed by atoms with Gasteiger partial charge in [-0.3, -0.25) is 14.4 Å². The van der Waals surface area contributed by atoms with Crippen molar-refractivity contribution in [3.05, 3.63) is 108 Å². The normalized spacial score (nSPS) is 11.4. The van der Waals surface area contributed by atoms with Gasteiger partial charge in [0.25, 0.3) is 0 Å². The van der Waals surface area contributed by atoms with Gasteiger partial charge in [-0.05, 0) is 49.3 Å². The molecule has 1 N–H and O–H groups in total. The standard InChI is InChI=1S/C34H42N2O4/c1-2-40-33(38)22-14-6-13-21-32(37)36(26-24-29-17-9-4-10-18-29)31(27-30-19-11-5-12-20-30)34(39)35-25-23-28-15-7-3-8-16-28/h3-5,7-12,15-20,31H,2,6,13-14,21-27H2,1H3,(H,35,39). The van der Waals surface area contributed by atoms with Crippen LogP contribution in [0.25, 0.3) is 0 Å². The summed E-state index contributed by atoms with van der Waals surface area (Å²) >= 11 is 0. The lowest BCUT2D eigenvalue weighted by atomic mass is 10.0. The number of ether oxygens (including phenoxy) is 1. The van der Waals surface area contributed by atoms with Crippen LogP contribution in [-0.2, 0) is 38.4 Å². The van der Waals surface area contributed by atoms with Crippen LogP contribution in [0.1, 0.15) is 55.7 Å². The van der Waals surface area contributed by atoms with Gasteiger partial charge in [-0.25, -0.2) is 0 Å². The summed E-state index contributed by atoms with van der Waals surface area (Å²) in [5.74, 6) is -0.372. The van der Waals surface area contributed by atoms with Crippen molar-refractivity contribution in [3.8, 4) is 0 Å². The summed E-state index contributed by atoms with van der Waals surface area (Å²) in [7, 11) is 0. The Bertz CT molecular complexity index is 1150. The fourth-order valence-corrected chi connectivity index (χ4v) is 4.72. The number of carbonyl (C=O) groups excluding carboxylic acids is 3. The number of carbonyl (C=O) groups is 3. The Morgan fingerprint density at radius 1 is 0.725 bits per heavy atom. The molecule has 2 amide bonds. The molecule has 40 heavy (non-hydrogen) atoms. The van der Waals surface area contributed by atoms with E-state index in [1.165, 1.54) is 0 Å². The van der Waals surface area contributed by atoms with Crippen LogP contribution >= 0.6 is 0 Å². The van der Waals surface area contributed by atoms with E-state index < -0.39 is 6.04 Å². The number of hydrogen-bond donors (Lipinski definition) is 1. The minimum absolute atomic E-state index is 0.0359. The Morgan fingerprint density at radius 2 is 1.27 bits per heavy atom. The van der Waals surface area contributed by atoms with Crippen molar-refractivity contribution in [2.24, 2.45) is 0 Å². The zero-order valence-electron chi connectivity index (χ0n) is 23.6. The first-order valence-corrected chi connectivity index (χ1v) is 14.4. The predicted molar refractivity (Wildman–Crippen MR) is 159 cm³/mol. The largest absolute Gasteiger partial charge is 0.466 e. The number of esters is 1. The van der Waals surface area contributed by atoms with E-state index >= 15 is 0 Å². The molecule has 212 valence electrons. The smallest absolute Gasteiger partial charge is 0.305 e. The third-order valence-electron chi connectivity index (χ3n) is 6.89. The zero-order valence-corrected chi connectivity index (χ0v) is 23.6. The van der Waals surface area contributed by atoms with E-state index in [0.717, 1.165) is 29.5 Å². The predicted octanol–water partition coefficient (Wildman–Crippen LogP) is 5.54. The maximum atomic E-state index is 13.7. The highest BCUT2D eigenvalue weighted by Crippen LogP contribution is 2.15. The summed E-state index contributed by atoms with van der Waals surface area (Å²) < 4.78 is 5.00. The number of amides is 2. The molecule has 0 aliphatic heterocycles. The van der Waals surface area contributed by atoms with Crippen LogP contribution in [0.2, 0.25) is 0 Å². The van der Waals surface area contributed by atoms with Gasteiger partial charge in [0, 0.05) is 32.4 Å². The highest BCUT2D eigenvalue weighted by Gasteiger charge is 2.29. The molecule has 1 atom stereocenters. The van der Waals surface area contributed by atoms with Crippen molar-refractivity contribution in [1.29, 1.82) is 0 Å². The van der Waals surface area contributed by atoms with Gasteiger partial charge in [0.15, 0.2) is 0 Å². The number of rotatable bonds is 17. The second-order valence-corrected chi connectivity index (χ2v) is 9.92. The van der Waals surface area contributed by atoms with Crippen molar-refractivity contribution >= 4 is 17.8 Å². The first kappa shape index (κ1) is 30.6. The van der Waals surface area contributed by atoms with E-state index in [1.807, 2.05) is 91.0 Å². The van der Waals surface area contributed by atoms with Crippen LogP contribution in [0.4, 0.5) is 0 Å². The summed E-state index contributed by atoms with van der Waals surface area (Å²) in [5.41, 5.74) is 3.29. The summed E-state index contributed by atoms with van der Waals surface area (Å²) in [6, 6.07) is 29.3. The van der Waals surface area contributed by atoms with E-state index in [-0.39, 0.29) is 17.8 Å². The Kier molecular flexibility index (Phi) is 13.5. The first-order chi connectivity index (χ1) is 19.6. The van der Waals surface area contributed by atoms with Crippen molar-refractivity contribution in [3.63, 3.8) is 0 Å². The van der Waals surface area contributed by atoms with Gasteiger partial charge in [0.2, 0.25) is 11.8 Å². The van der Waals surface area contributed by atoms with E-state index in [2.05, 4.69) is 5.32 Å². The van der Waals surface area contributed by atoms with Crippen molar-refractivity contribution in [2.75, 3.05) is 19.7 Å². The molecule has 0 bridgehead atoms. The molecule has 0 heterocycles. The second-order valence-electron chi connectivity index (χ2n) is 9.92. The average molecular weight is 543 g/mol. The first-order valence-electron chi connectivity index (χ1n) is 14.4. The quantitative estimate of drug-likeness (QED) is 0.179. The Morgan fingerprint density at radius 3 is 1.88 bits per heavy atom. The minimum Gasteiger partial charge on any atom is -0.466 e. The van der Waals surface area contributed by atoms with Crippen LogP contribution in [0.5, 0.6) is 0 Å². The number of nitrogens with zero attached hydrogens (tertiary/aromatic N) is 1. The number of benzene rings is 3. The van der Waals surface area contributed by atoms with Crippen LogP contribution < -0.4 is 5.32 Å². The van der Waals surface area contributed by atoms with Crippen molar-refractivity contribution in [2.45, 2.75) is 64.3 Å². The maximum Gasteiger partial charge on any atom is 0.305 e. The van der Waals surface area contributed by atoms with E-state index in [4.69, 9.17) is 4.74 Å². The molecule has 0 radical (unpaired) electrons. The van der Waals surface area contributed by atoms with Crippen LogP contribution in [0.3, 0.4) is 0 Å². The molecule has 3 rings (SSSR count). The Labute approximate surface area is 238 Å². The van der Waals surface area contributed by atoms with Gasteiger partial charge in [-0.2, -0.15) is 0 Å². The number of nitrogens with one attached hydrogen (secondary N) is 1. The van der Waals surface area contributed by atoms with E-state index in [9.17, 15) is 14.4 Å². The molecule has 1 unspecified atom stereocenters. The summed E-state index contributed by atoms with van der Waals surface area (Å²) in [5, 5.41) is 3.10. The Hall–Kier alpha value is -3.93. The lowest BCUT2D eigenvalue weighted by Gasteiger charge is -2.31. The minimum atomic E-state index is -0.617. The van der Waals surface area contributed by atoms with Gasteiger partial charge in [0.1, 0.15) is 6.04 Å².